The largest absolute Gasteiger partial charge is 0.389 e. The maximum atomic E-state index is 13.6. The van der Waals surface area contributed by atoms with Crippen molar-refractivity contribution < 1.29 is 9.18 Å². The van der Waals surface area contributed by atoms with E-state index in [1.54, 1.807) is 18.2 Å². The van der Waals surface area contributed by atoms with Crippen LogP contribution < -0.4 is 11.1 Å². The molecule has 0 saturated carbocycles. The molecule has 6 heteroatoms. The number of thiocarbonyl (C=S) groups is 1. The SMILES string of the molecule is NC(=S)c1cccc(C(=O)Nc2c(F)cccc2Cl)c1. The topological polar surface area (TPSA) is 55.1 Å². The third kappa shape index (κ3) is 3.12. The molecule has 3 nitrogen and oxygen atoms in total. The predicted octanol–water partition coefficient (Wildman–Crippen LogP) is 3.37. The normalized spacial score (nSPS) is 10.1. The van der Waals surface area contributed by atoms with Crippen LogP contribution in [0, 0.1) is 5.82 Å². The Hall–Kier alpha value is -1.98. The number of carbonyl (C=O) groups is 1. The van der Waals surface area contributed by atoms with Crippen molar-refractivity contribution in [2.24, 2.45) is 5.73 Å². The molecule has 20 heavy (non-hydrogen) atoms. The van der Waals surface area contributed by atoms with Gasteiger partial charge >= 0.3 is 0 Å². The Morgan fingerprint density at radius 1 is 1.20 bits per heavy atom. The summed E-state index contributed by atoms with van der Waals surface area (Å²) >= 11 is 10.7. The minimum Gasteiger partial charge on any atom is -0.389 e. The smallest absolute Gasteiger partial charge is 0.255 e. The number of carbonyl (C=O) groups excluding carboxylic acids is 1. The minimum absolute atomic E-state index is 0.0557. The van der Waals surface area contributed by atoms with Crippen molar-refractivity contribution in [1.29, 1.82) is 0 Å². The average molecular weight is 309 g/mol. The molecule has 0 aliphatic heterocycles. The van der Waals surface area contributed by atoms with E-state index in [9.17, 15) is 9.18 Å². The Morgan fingerprint density at radius 2 is 1.85 bits per heavy atom. The van der Waals surface area contributed by atoms with Crippen LogP contribution in [-0.2, 0) is 0 Å². The zero-order chi connectivity index (χ0) is 14.7. The average Bonchev–Trinajstić information content (AvgIpc) is 2.43. The lowest BCUT2D eigenvalue weighted by molar-refractivity contribution is 0.102. The molecule has 3 N–H and O–H groups in total. The molecule has 0 aromatic heterocycles. The van der Waals surface area contributed by atoms with Gasteiger partial charge in [0.25, 0.3) is 5.91 Å². The van der Waals surface area contributed by atoms with Crippen LogP contribution in [0.1, 0.15) is 15.9 Å². The Bertz CT molecular complexity index is 670. The lowest BCUT2D eigenvalue weighted by Crippen LogP contribution is -2.15. The van der Waals surface area contributed by atoms with E-state index in [1.807, 2.05) is 0 Å². The third-order valence-corrected chi connectivity index (χ3v) is 3.16. The van der Waals surface area contributed by atoms with Crippen molar-refractivity contribution in [3.63, 3.8) is 0 Å². The van der Waals surface area contributed by atoms with E-state index in [4.69, 9.17) is 29.6 Å². The van der Waals surface area contributed by atoms with Crippen LogP contribution in [0.3, 0.4) is 0 Å². The van der Waals surface area contributed by atoms with Crippen molar-refractivity contribution in [2.75, 3.05) is 5.32 Å². The fourth-order valence-electron chi connectivity index (χ4n) is 1.62. The third-order valence-electron chi connectivity index (χ3n) is 2.61. The summed E-state index contributed by atoms with van der Waals surface area (Å²) in [7, 11) is 0. The molecule has 0 spiro atoms. The molecule has 0 saturated heterocycles. The van der Waals surface area contributed by atoms with Gasteiger partial charge in [0.05, 0.1) is 10.7 Å². The van der Waals surface area contributed by atoms with E-state index in [1.165, 1.54) is 24.3 Å². The van der Waals surface area contributed by atoms with E-state index < -0.39 is 11.7 Å². The summed E-state index contributed by atoms with van der Waals surface area (Å²) in [6, 6.07) is 10.6. The molecule has 0 radical (unpaired) electrons. The minimum atomic E-state index is -0.601. The second-order valence-corrected chi connectivity index (χ2v) is 4.84. The molecule has 102 valence electrons. The maximum absolute atomic E-state index is 13.6. The zero-order valence-electron chi connectivity index (χ0n) is 10.2. The van der Waals surface area contributed by atoms with Crippen molar-refractivity contribution in [1.82, 2.24) is 0 Å². The number of halogens is 2. The van der Waals surface area contributed by atoms with Gasteiger partial charge in [0, 0.05) is 11.1 Å². The quantitative estimate of drug-likeness (QED) is 0.855. The highest BCUT2D eigenvalue weighted by Gasteiger charge is 2.13. The molecule has 2 rings (SSSR count). The molecule has 0 aliphatic rings. The fourth-order valence-corrected chi connectivity index (χ4v) is 1.95. The van der Waals surface area contributed by atoms with E-state index in [2.05, 4.69) is 5.32 Å². The molecule has 0 atom stereocenters. The first kappa shape index (κ1) is 14.4. The van der Waals surface area contributed by atoms with Crippen molar-refractivity contribution in [2.45, 2.75) is 0 Å². The standard InChI is InChI=1S/C14H10ClFN2OS/c15-10-5-2-6-11(16)12(10)18-14(19)9-4-1-3-8(7-9)13(17)20/h1-7H,(H2,17,20)(H,18,19). The highest BCUT2D eigenvalue weighted by Crippen LogP contribution is 2.25. The molecule has 0 bridgehead atoms. The van der Waals surface area contributed by atoms with E-state index in [0.29, 0.717) is 11.1 Å². The van der Waals surface area contributed by atoms with Crippen LogP contribution in [0.2, 0.25) is 5.02 Å². The molecule has 2 aromatic rings. The maximum Gasteiger partial charge on any atom is 0.255 e. The van der Waals surface area contributed by atoms with Crippen molar-refractivity contribution >= 4 is 40.4 Å². The molecular formula is C14H10ClFN2OS. The van der Waals surface area contributed by atoms with Gasteiger partial charge in [0.1, 0.15) is 10.8 Å². The van der Waals surface area contributed by atoms with Crippen molar-refractivity contribution in [3.05, 3.63) is 64.4 Å². The van der Waals surface area contributed by atoms with E-state index in [-0.39, 0.29) is 15.7 Å². The highest BCUT2D eigenvalue weighted by molar-refractivity contribution is 7.80. The molecule has 0 fully saturated rings. The van der Waals surface area contributed by atoms with Crippen LogP contribution >= 0.6 is 23.8 Å². The number of nitrogens with one attached hydrogen (secondary N) is 1. The molecule has 1 amide bonds. The Balaban J connectivity index is 2.29. The number of nitrogens with two attached hydrogens (primary N) is 1. The summed E-state index contributed by atoms with van der Waals surface area (Å²) in [5, 5.41) is 2.56. The lowest BCUT2D eigenvalue weighted by Gasteiger charge is -2.09. The first-order chi connectivity index (χ1) is 9.49. The van der Waals surface area contributed by atoms with Crippen LogP contribution in [0.25, 0.3) is 0 Å². The van der Waals surface area contributed by atoms with E-state index >= 15 is 0 Å². The Morgan fingerprint density at radius 3 is 2.50 bits per heavy atom. The second-order valence-electron chi connectivity index (χ2n) is 4.00. The number of amides is 1. The predicted molar refractivity (Wildman–Crippen MR) is 81.7 cm³/mol. The van der Waals surface area contributed by atoms with Gasteiger partial charge in [-0.15, -0.1) is 0 Å². The monoisotopic (exact) mass is 308 g/mol. The van der Waals surface area contributed by atoms with Gasteiger partial charge in [0.15, 0.2) is 0 Å². The fraction of sp³-hybridized carbons (Fsp3) is 0. The number of anilines is 1. The van der Waals surface area contributed by atoms with E-state index in [0.717, 1.165) is 0 Å². The summed E-state index contributed by atoms with van der Waals surface area (Å²) < 4.78 is 13.6. The Kier molecular flexibility index (Phi) is 4.32. The summed E-state index contributed by atoms with van der Waals surface area (Å²) in [6.07, 6.45) is 0. The van der Waals surface area contributed by atoms with Crippen LogP contribution in [0.15, 0.2) is 42.5 Å². The van der Waals surface area contributed by atoms with Gasteiger partial charge in [-0.3, -0.25) is 4.79 Å². The number of rotatable bonds is 3. The summed E-state index contributed by atoms with van der Waals surface area (Å²) in [4.78, 5) is 12.3. The summed E-state index contributed by atoms with van der Waals surface area (Å²) in [5.74, 6) is -1.09. The molecule has 2 aromatic carbocycles. The molecular weight excluding hydrogens is 299 g/mol. The first-order valence-corrected chi connectivity index (χ1v) is 6.43. The Labute approximate surface area is 125 Å². The van der Waals surface area contributed by atoms with Crippen LogP contribution in [0.5, 0.6) is 0 Å². The zero-order valence-corrected chi connectivity index (χ0v) is 11.8. The molecule has 0 heterocycles. The van der Waals surface area contributed by atoms with Gasteiger partial charge < -0.3 is 11.1 Å². The highest BCUT2D eigenvalue weighted by atomic mass is 35.5. The van der Waals surface area contributed by atoms with Gasteiger partial charge in [-0.25, -0.2) is 4.39 Å². The van der Waals surface area contributed by atoms with Gasteiger partial charge in [-0.1, -0.05) is 42.0 Å². The number of benzene rings is 2. The van der Waals surface area contributed by atoms with Gasteiger partial charge in [0.2, 0.25) is 0 Å². The summed E-state index contributed by atoms with van der Waals surface area (Å²) in [5.41, 5.74) is 6.32. The first-order valence-electron chi connectivity index (χ1n) is 5.64. The number of para-hydroxylation sites is 1. The van der Waals surface area contributed by atoms with Gasteiger partial charge in [-0.05, 0) is 24.3 Å². The van der Waals surface area contributed by atoms with Crippen LogP contribution in [-0.4, -0.2) is 10.9 Å². The van der Waals surface area contributed by atoms with Crippen molar-refractivity contribution in [3.8, 4) is 0 Å². The molecule has 0 aliphatic carbocycles. The molecule has 0 unspecified atom stereocenters. The summed E-state index contributed by atoms with van der Waals surface area (Å²) in [6.45, 7) is 0. The van der Waals surface area contributed by atoms with Crippen LogP contribution in [0.4, 0.5) is 10.1 Å². The number of hydrogen-bond donors (Lipinski definition) is 2. The number of hydrogen-bond acceptors (Lipinski definition) is 2. The lowest BCUT2D eigenvalue weighted by atomic mass is 10.1. The van der Waals surface area contributed by atoms with Gasteiger partial charge in [-0.2, -0.15) is 0 Å². The second kappa shape index (κ2) is 5.98.